The molecule has 5 nitrogen and oxygen atoms in total. The third kappa shape index (κ3) is 4.86. The molecule has 2 N–H and O–H groups in total. The number of hydrogen-bond acceptors (Lipinski definition) is 3. The molecule has 0 spiro atoms. The first-order valence-corrected chi connectivity index (χ1v) is 8.83. The van der Waals surface area contributed by atoms with Crippen LogP contribution in [0.2, 0.25) is 0 Å². The lowest BCUT2D eigenvalue weighted by Crippen LogP contribution is -2.40. The fourth-order valence-corrected chi connectivity index (χ4v) is 2.69. The van der Waals surface area contributed by atoms with E-state index in [-0.39, 0.29) is 6.04 Å². The Hall–Kier alpha value is -2.79. The molecule has 0 aliphatic rings. The SMILES string of the molecule is CN=C(NCCOCc1ccccc1)NC(C)c1cc2ccccc2o1. The van der Waals surface area contributed by atoms with Crippen LogP contribution in [0.3, 0.4) is 0 Å². The molecule has 3 aromatic rings. The van der Waals surface area contributed by atoms with Gasteiger partial charge >= 0.3 is 0 Å². The lowest BCUT2D eigenvalue weighted by molar-refractivity contribution is 0.125. The molecular formula is C21H25N3O2. The van der Waals surface area contributed by atoms with Gasteiger partial charge in [0.25, 0.3) is 0 Å². The van der Waals surface area contributed by atoms with E-state index in [2.05, 4.69) is 40.7 Å². The van der Waals surface area contributed by atoms with Crippen LogP contribution in [0.15, 0.2) is 70.1 Å². The molecule has 0 aliphatic carbocycles. The second-order valence-corrected chi connectivity index (χ2v) is 6.09. The number of nitrogens with one attached hydrogen (secondary N) is 2. The zero-order valence-electron chi connectivity index (χ0n) is 15.2. The number of fused-ring (bicyclic) bond motifs is 1. The lowest BCUT2D eigenvalue weighted by Gasteiger charge is -2.16. The van der Waals surface area contributed by atoms with E-state index in [0.29, 0.717) is 19.8 Å². The van der Waals surface area contributed by atoms with Crippen LogP contribution in [-0.4, -0.2) is 26.2 Å². The van der Waals surface area contributed by atoms with Crippen LogP contribution in [0.5, 0.6) is 0 Å². The molecule has 26 heavy (non-hydrogen) atoms. The van der Waals surface area contributed by atoms with Crippen LogP contribution >= 0.6 is 0 Å². The Morgan fingerprint density at radius 1 is 1.12 bits per heavy atom. The molecule has 0 aliphatic heterocycles. The van der Waals surface area contributed by atoms with Crippen LogP contribution in [0.1, 0.15) is 24.3 Å². The number of hydrogen-bond donors (Lipinski definition) is 2. The molecule has 0 amide bonds. The van der Waals surface area contributed by atoms with Crippen LogP contribution in [0.25, 0.3) is 11.0 Å². The van der Waals surface area contributed by atoms with Crippen molar-refractivity contribution in [3.63, 3.8) is 0 Å². The Morgan fingerprint density at radius 2 is 1.88 bits per heavy atom. The standard InChI is InChI=1S/C21H25N3O2/c1-16(20-14-18-10-6-7-11-19(18)26-20)24-21(22-2)23-12-13-25-15-17-8-4-3-5-9-17/h3-11,14,16H,12-13,15H2,1-2H3,(H2,22,23,24). The Morgan fingerprint density at radius 3 is 2.65 bits per heavy atom. The van der Waals surface area contributed by atoms with Gasteiger partial charge in [0.1, 0.15) is 11.3 Å². The van der Waals surface area contributed by atoms with E-state index in [1.54, 1.807) is 7.05 Å². The third-order valence-corrected chi connectivity index (χ3v) is 4.10. The van der Waals surface area contributed by atoms with E-state index >= 15 is 0 Å². The molecule has 1 aromatic heterocycles. The molecule has 0 fully saturated rings. The van der Waals surface area contributed by atoms with Crippen molar-refractivity contribution in [2.45, 2.75) is 19.6 Å². The average Bonchev–Trinajstić information content (AvgIpc) is 3.12. The van der Waals surface area contributed by atoms with Gasteiger partial charge in [-0.15, -0.1) is 0 Å². The van der Waals surface area contributed by atoms with Crippen molar-refractivity contribution in [3.05, 3.63) is 72.0 Å². The molecule has 3 rings (SSSR count). The first-order valence-electron chi connectivity index (χ1n) is 8.83. The van der Waals surface area contributed by atoms with Gasteiger partial charge in [0, 0.05) is 19.0 Å². The lowest BCUT2D eigenvalue weighted by atomic mass is 10.2. The smallest absolute Gasteiger partial charge is 0.191 e. The van der Waals surface area contributed by atoms with E-state index in [1.165, 1.54) is 5.56 Å². The maximum absolute atomic E-state index is 5.90. The first-order chi connectivity index (χ1) is 12.8. The minimum atomic E-state index is 0.0128. The summed E-state index contributed by atoms with van der Waals surface area (Å²) in [6.07, 6.45) is 0. The normalized spacial score (nSPS) is 12.9. The summed E-state index contributed by atoms with van der Waals surface area (Å²) in [5.41, 5.74) is 2.07. The summed E-state index contributed by atoms with van der Waals surface area (Å²) < 4.78 is 11.6. The van der Waals surface area contributed by atoms with Gasteiger partial charge in [-0.3, -0.25) is 4.99 Å². The molecule has 0 bridgehead atoms. The fourth-order valence-electron chi connectivity index (χ4n) is 2.69. The average molecular weight is 351 g/mol. The second kappa shape index (κ2) is 9.06. The van der Waals surface area contributed by atoms with Crippen LogP contribution in [0, 0.1) is 0 Å². The number of aliphatic imine (C=N–C) groups is 1. The van der Waals surface area contributed by atoms with Gasteiger partial charge in [0.15, 0.2) is 5.96 Å². The summed E-state index contributed by atoms with van der Waals surface area (Å²) in [5.74, 6) is 1.61. The van der Waals surface area contributed by atoms with Gasteiger partial charge in [-0.2, -0.15) is 0 Å². The van der Waals surface area contributed by atoms with Crippen LogP contribution < -0.4 is 10.6 Å². The molecule has 0 saturated heterocycles. The van der Waals surface area contributed by atoms with Crippen molar-refractivity contribution >= 4 is 16.9 Å². The Kier molecular flexibility index (Phi) is 6.28. The third-order valence-electron chi connectivity index (χ3n) is 4.10. The minimum absolute atomic E-state index is 0.0128. The van der Waals surface area contributed by atoms with Crippen molar-refractivity contribution in [1.82, 2.24) is 10.6 Å². The van der Waals surface area contributed by atoms with Crippen molar-refractivity contribution in [2.75, 3.05) is 20.2 Å². The van der Waals surface area contributed by atoms with Gasteiger partial charge < -0.3 is 19.8 Å². The van der Waals surface area contributed by atoms with Crippen molar-refractivity contribution in [3.8, 4) is 0 Å². The Labute approximate surface area is 154 Å². The zero-order chi connectivity index (χ0) is 18.2. The van der Waals surface area contributed by atoms with Crippen molar-refractivity contribution in [2.24, 2.45) is 4.99 Å². The fraction of sp³-hybridized carbons (Fsp3) is 0.286. The zero-order valence-corrected chi connectivity index (χ0v) is 15.2. The van der Waals surface area contributed by atoms with Gasteiger partial charge in [0.05, 0.1) is 19.3 Å². The van der Waals surface area contributed by atoms with E-state index < -0.39 is 0 Å². The highest BCUT2D eigenvalue weighted by Crippen LogP contribution is 2.23. The summed E-state index contributed by atoms with van der Waals surface area (Å²) in [6, 6.07) is 20.2. The number of nitrogens with zero attached hydrogens (tertiary/aromatic N) is 1. The van der Waals surface area contributed by atoms with Gasteiger partial charge in [-0.05, 0) is 24.6 Å². The van der Waals surface area contributed by atoms with E-state index in [0.717, 1.165) is 22.7 Å². The number of para-hydroxylation sites is 1. The van der Waals surface area contributed by atoms with Crippen LogP contribution in [0.4, 0.5) is 0 Å². The number of ether oxygens (including phenoxy) is 1. The number of furan rings is 1. The number of benzene rings is 2. The molecule has 1 heterocycles. The summed E-state index contributed by atoms with van der Waals surface area (Å²) >= 11 is 0. The summed E-state index contributed by atoms with van der Waals surface area (Å²) in [5, 5.41) is 7.71. The second-order valence-electron chi connectivity index (χ2n) is 6.09. The monoisotopic (exact) mass is 351 g/mol. The van der Waals surface area contributed by atoms with Crippen LogP contribution in [-0.2, 0) is 11.3 Å². The quantitative estimate of drug-likeness (QED) is 0.385. The van der Waals surface area contributed by atoms with E-state index in [4.69, 9.17) is 9.15 Å². The summed E-state index contributed by atoms with van der Waals surface area (Å²) in [6.45, 7) is 3.95. The number of guanidine groups is 1. The maximum atomic E-state index is 5.90. The van der Waals surface area contributed by atoms with Gasteiger partial charge in [-0.25, -0.2) is 0 Å². The van der Waals surface area contributed by atoms with E-state index in [9.17, 15) is 0 Å². The molecule has 2 aromatic carbocycles. The maximum Gasteiger partial charge on any atom is 0.191 e. The first kappa shape index (κ1) is 18.0. The van der Waals surface area contributed by atoms with E-state index in [1.807, 2.05) is 42.5 Å². The highest BCUT2D eigenvalue weighted by atomic mass is 16.5. The molecule has 1 atom stereocenters. The molecule has 1 unspecified atom stereocenters. The Bertz CT molecular complexity index is 810. The molecule has 5 heteroatoms. The van der Waals surface area contributed by atoms with Crippen molar-refractivity contribution in [1.29, 1.82) is 0 Å². The molecule has 136 valence electrons. The highest BCUT2D eigenvalue weighted by molar-refractivity contribution is 5.81. The topological polar surface area (TPSA) is 58.8 Å². The van der Waals surface area contributed by atoms with Gasteiger partial charge in [0.2, 0.25) is 0 Å². The predicted octanol–water partition coefficient (Wildman–Crippen LogP) is 3.88. The largest absolute Gasteiger partial charge is 0.459 e. The Balaban J connectivity index is 1.43. The predicted molar refractivity (Wildman–Crippen MR) is 105 cm³/mol. The summed E-state index contributed by atoms with van der Waals surface area (Å²) in [7, 11) is 1.76. The highest BCUT2D eigenvalue weighted by Gasteiger charge is 2.12. The van der Waals surface area contributed by atoms with Crippen molar-refractivity contribution < 1.29 is 9.15 Å². The molecule has 0 radical (unpaired) electrons. The van der Waals surface area contributed by atoms with Gasteiger partial charge in [-0.1, -0.05) is 48.5 Å². The molecular weight excluding hydrogens is 326 g/mol. The molecule has 0 saturated carbocycles. The number of rotatable bonds is 7. The summed E-state index contributed by atoms with van der Waals surface area (Å²) in [4.78, 5) is 4.26. The minimum Gasteiger partial charge on any atom is -0.459 e.